The van der Waals surface area contributed by atoms with Gasteiger partial charge in [-0.05, 0) is 36.2 Å². The van der Waals surface area contributed by atoms with Crippen molar-refractivity contribution in [1.82, 2.24) is 19.6 Å². The highest BCUT2D eigenvalue weighted by atomic mass is 19.1. The Morgan fingerprint density at radius 2 is 1.84 bits per heavy atom. The Morgan fingerprint density at radius 3 is 2.50 bits per heavy atom. The normalized spacial score (nSPS) is 14.5. The molecule has 0 bridgehead atoms. The zero-order valence-electron chi connectivity index (χ0n) is 17.8. The zero-order valence-corrected chi connectivity index (χ0v) is 17.8. The summed E-state index contributed by atoms with van der Waals surface area (Å²) in [6, 6.07) is 12.7. The maximum Gasteiger partial charge on any atom is 0.269 e. The average molecular weight is 437 g/mol. The third-order valence-corrected chi connectivity index (χ3v) is 5.69. The summed E-state index contributed by atoms with van der Waals surface area (Å²) in [4.78, 5) is 27.8. The van der Waals surface area contributed by atoms with Crippen molar-refractivity contribution < 1.29 is 14.1 Å². The number of carbonyl (C=O) groups is 1. The molecule has 1 aromatic heterocycles. The van der Waals surface area contributed by atoms with E-state index in [0.29, 0.717) is 50.4 Å². The van der Waals surface area contributed by atoms with Crippen LogP contribution in [-0.2, 0) is 13.0 Å². The summed E-state index contributed by atoms with van der Waals surface area (Å²) in [6.45, 7) is 5.07. The van der Waals surface area contributed by atoms with Gasteiger partial charge in [0.15, 0.2) is 0 Å². The molecule has 1 aliphatic heterocycles. The molecule has 0 aliphatic carbocycles. The number of rotatable bonds is 6. The summed E-state index contributed by atoms with van der Waals surface area (Å²) < 4.78 is 14.9. The fourth-order valence-electron chi connectivity index (χ4n) is 4.00. The molecule has 2 heterocycles. The van der Waals surface area contributed by atoms with Gasteiger partial charge in [-0.3, -0.25) is 19.8 Å². The molecule has 32 heavy (non-hydrogen) atoms. The highest BCUT2D eigenvalue weighted by Crippen LogP contribution is 2.20. The first-order chi connectivity index (χ1) is 15.5. The molecule has 0 spiro atoms. The lowest BCUT2D eigenvalue weighted by atomic mass is 10.1. The van der Waals surface area contributed by atoms with E-state index in [2.05, 4.69) is 10.00 Å². The van der Waals surface area contributed by atoms with Crippen LogP contribution in [0.2, 0.25) is 0 Å². The molecular weight excluding hydrogens is 413 g/mol. The lowest BCUT2D eigenvalue weighted by molar-refractivity contribution is -0.384. The lowest BCUT2D eigenvalue weighted by Crippen LogP contribution is -2.48. The molecule has 0 radical (unpaired) electrons. The maximum absolute atomic E-state index is 13.3. The number of nitrogens with zero attached hydrogens (tertiary/aromatic N) is 5. The molecule has 0 N–H and O–H groups in total. The maximum atomic E-state index is 13.3. The number of hydrogen-bond acceptors (Lipinski definition) is 5. The second kappa shape index (κ2) is 9.27. The van der Waals surface area contributed by atoms with Gasteiger partial charge in [0.2, 0.25) is 0 Å². The highest BCUT2D eigenvalue weighted by Gasteiger charge is 2.26. The number of hydrogen-bond donors (Lipinski definition) is 0. The topological polar surface area (TPSA) is 84.5 Å². The van der Waals surface area contributed by atoms with Crippen LogP contribution in [0.1, 0.15) is 28.5 Å². The van der Waals surface area contributed by atoms with E-state index in [0.717, 1.165) is 11.3 Å². The predicted octanol–water partition coefficient (Wildman–Crippen LogP) is 3.44. The highest BCUT2D eigenvalue weighted by molar-refractivity contribution is 5.95. The van der Waals surface area contributed by atoms with Crippen molar-refractivity contribution >= 4 is 11.6 Å². The number of nitro groups is 1. The van der Waals surface area contributed by atoms with E-state index in [1.54, 1.807) is 35.1 Å². The molecule has 1 aliphatic rings. The van der Waals surface area contributed by atoms with Crippen LogP contribution in [0.15, 0.2) is 54.7 Å². The van der Waals surface area contributed by atoms with Crippen LogP contribution in [-0.4, -0.2) is 56.6 Å². The second-order valence-electron chi connectivity index (χ2n) is 7.74. The van der Waals surface area contributed by atoms with E-state index in [1.807, 2.05) is 17.9 Å². The van der Waals surface area contributed by atoms with E-state index in [1.165, 1.54) is 18.2 Å². The molecule has 9 heteroatoms. The fraction of sp³-hybridized carbons (Fsp3) is 0.304. The SMILES string of the molecule is CCc1c(C(=O)N2CCN(Cc3cccc([N+](=O)[O-])c3)CC2)cnn1-c1ccc(F)cc1. The second-order valence-corrected chi connectivity index (χ2v) is 7.74. The summed E-state index contributed by atoms with van der Waals surface area (Å²) in [5, 5.41) is 15.4. The number of carbonyl (C=O) groups excluding carboxylic acids is 1. The molecule has 0 unspecified atom stereocenters. The number of benzene rings is 2. The third-order valence-electron chi connectivity index (χ3n) is 5.69. The standard InChI is InChI=1S/C23H24FN5O3/c1-2-22-21(15-25-28(22)19-8-6-18(24)7-9-19)23(30)27-12-10-26(11-13-27)16-17-4-3-5-20(14-17)29(31)32/h3-9,14-15H,2,10-13,16H2,1H3. The minimum absolute atomic E-state index is 0.0646. The molecule has 8 nitrogen and oxygen atoms in total. The number of aromatic nitrogens is 2. The third kappa shape index (κ3) is 4.52. The molecule has 0 atom stereocenters. The Balaban J connectivity index is 1.42. The summed E-state index contributed by atoms with van der Waals surface area (Å²) in [7, 11) is 0. The minimum Gasteiger partial charge on any atom is -0.336 e. The number of piperazine rings is 1. The van der Waals surface area contributed by atoms with Crippen molar-refractivity contribution in [3.63, 3.8) is 0 Å². The quantitative estimate of drug-likeness (QED) is 0.436. The van der Waals surface area contributed by atoms with Gasteiger partial charge in [-0.2, -0.15) is 5.10 Å². The van der Waals surface area contributed by atoms with E-state index >= 15 is 0 Å². The monoisotopic (exact) mass is 437 g/mol. The van der Waals surface area contributed by atoms with Crippen LogP contribution >= 0.6 is 0 Å². The minimum atomic E-state index is -0.391. The predicted molar refractivity (Wildman–Crippen MR) is 117 cm³/mol. The van der Waals surface area contributed by atoms with Crippen LogP contribution in [0.3, 0.4) is 0 Å². The average Bonchev–Trinajstić information content (AvgIpc) is 3.24. The zero-order chi connectivity index (χ0) is 22.7. The molecule has 166 valence electrons. The molecule has 1 amide bonds. The number of non-ortho nitro benzene ring substituents is 1. The van der Waals surface area contributed by atoms with Gasteiger partial charge >= 0.3 is 0 Å². The number of amides is 1. The van der Waals surface area contributed by atoms with Crippen LogP contribution in [0.5, 0.6) is 0 Å². The first-order valence-electron chi connectivity index (χ1n) is 10.5. The van der Waals surface area contributed by atoms with Crippen LogP contribution < -0.4 is 0 Å². The fourth-order valence-corrected chi connectivity index (χ4v) is 4.00. The van der Waals surface area contributed by atoms with Gasteiger partial charge in [0.05, 0.1) is 28.1 Å². The first-order valence-corrected chi connectivity index (χ1v) is 10.5. The Bertz CT molecular complexity index is 1120. The molecular formula is C23H24FN5O3. The summed E-state index contributed by atoms with van der Waals surface area (Å²) in [5.41, 5.74) is 3.03. The van der Waals surface area contributed by atoms with Crippen LogP contribution in [0.25, 0.3) is 5.69 Å². The molecule has 1 saturated heterocycles. The molecule has 0 saturated carbocycles. The van der Waals surface area contributed by atoms with Gasteiger partial charge in [0.1, 0.15) is 5.82 Å². The lowest BCUT2D eigenvalue weighted by Gasteiger charge is -2.34. The molecule has 3 aromatic rings. The molecule has 2 aromatic carbocycles. The van der Waals surface area contributed by atoms with Gasteiger partial charge in [0, 0.05) is 44.9 Å². The number of halogens is 1. The van der Waals surface area contributed by atoms with E-state index < -0.39 is 4.92 Å². The van der Waals surface area contributed by atoms with Gasteiger partial charge in [-0.15, -0.1) is 0 Å². The van der Waals surface area contributed by atoms with Crippen molar-refractivity contribution in [2.24, 2.45) is 0 Å². The largest absolute Gasteiger partial charge is 0.336 e. The van der Waals surface area contributed by atoms with E-state index in [9.17, 15) is 19.3 Å². The summed E-state index contributed by atoms with van der Waals surface area (Å²) in [5.74, 6) is -0.386. The van der Waals surface area contributed by atoms with E-state index in [-0.39, 0.29) is 17.4 Å². The number of nitro benzene ring substituents is 1. The Morgan fingerprint density at radius 1 is 1.12 bits per heavy atom. The van der Waals surface area contributed by atoms with Gasteiger partial charge in [-0.25, -0.2) is 9.07 Å². The Kier molecular flexibility index (Phi) is 6.27. The van der Waals surface area contributed by atoms with Crippen molar-refractivity contribution in [2.75, 3.05) is 26.2 Å². The summed E-state index contributed by atoms with van der Waals surface area (Å²) in [6.07, 6.45) is 2.20. The Labute approximate surface area is 185 Å². The molecule has 1 fully saturated rings. The molecule has 4 rings (SSSR count). The van der Waals surface area contributed by atoms with Gasteiger partial charge < -0.3 is 4.90 Å². The van der Waals surface area contributed by atoms with Gasteiger partial charge in [0.25, 0.3) is 11.6 Å². The van der Waals surface area contributed by atoms with Crippen LogP contribution in [0.4, 0.5) is 10.1 Å². The van der Waals surface area contributed by atoms with Gasteiger partial charge in [-0.1, -0.05) is 19.1 Å². The van der Waals surface area contributed by atoms with Crippen LogP contribution in [0, 0.1) is 15.9 Å². The smallest absolute Gasteiger partial charge is 0.269 e. The van der Waals surface area contributed by atoms with Crippen molar-refractivity contribution in [2.45, 2.75) is 19.9 Å². The Hall–Kier alpha value is -3.59. The first kappa shape index (κ1) is 21.6. The van der Waals surface area contributed by atoms with Crippen molar-refractivity contribution in [3.05, 3.63) is 87.5 Å². The van der Waals surface area contributed by atoms with E-state index in [4.69, 9.17) is 0 Å². The summed E-state index contributed by atoms with van der Waals surface area (Å²) >= 11 is 0. The van der Waals surface area contributed by atoms with Crippen molar-refractivity contribution in [3.8, 4) is 5.69 Å². The van der Waals surface area contributed by atoms with Crippen molar-refractivity contribution in [1.29, 1.82) is 0 Å².